The fraction of sp³-hybridized carbons (Fsp3) is 1.00. The third-order valence-electron chi connectivity index (χ3n) is 1.29. The molecular weight excluding hydrogens is 158 g/mol. The van der Waals surface area contributed by atoms with Crippen LogP contribution in [0.3, 0.4) is 0 Å². The Kier molecular flexibility index (Phi) is 7.39. The topological polar surface area (TPSA) is 39.7 Å². The SMILES string of the molecule is COC(CNOCC(C)C)OC. The van der Waals surface area contributed by atoms with Crippen LogP contribution in [0.4, 0.5) is 0 Å². The Hall–Kier alpha value is -0.160. The van der Waals surface area contributed by atoms with Gasteiger partial charge in [0.25, 0.3) is 0 Å². The minimum atomic E-state index is -0.239. The van der Waals surface area contributed by atoms with E-state index < -0.39 is 0 Å². The van der Waals surface area contributed by atoms with Gasteiger partial charge in [-0.2, -0.15) is 5.48 Å². The molecule has 1 N–H and O–H groups in total. The maximum absolute atomic E-state index is 5.12. The summed E-state index contributed by atoms with van der Waals surface area (Å²) in [4.78, 5) is 5.12. The zero-order valence-corrected chi connectivity index (χ0v) is 8.29. The lowest BCUT2D eigenvalue weighted by Crippen LogP contribution is -2.30. The first kappa shape index (κ1) is 11.8. The summed E-state index contributed by atoms with van der Waals surface area (Å²) in [5, 5.41) is 0. The number of rotatable bonds is 7. The molecule has 0 aliphatic carbocycles. The Balaban J connectivity index is 3.17. The summed E-state index contributed by atoms with van der Waals surface area (Å²) in [6, 6.07) is 0. The lowest BCUT2D eigenvalue weighted by Gasteiger charge is -2.14. The number of hydroxylamine groups is 1. The van der Waals surface area contributed by atoms with E-state index in [-0.39, 0.29) is 6.29 Å². The minimum Gasteiger partial charge on any atom is -0.354 e. The van der Waals surface area contributed by atoms with Crippen LogP contribution in [0.25, 0.3) is 0 Å². The van der Waals surface area contributed by atoms with E-state index in [4.69, 9.17) is 14.3 Å². The molecule has 0 bridgehead atoms. The first-order chi connectivity index (χ1) is 5.70. The van der Waals surface area contributed by atoms with Gasteiger partial charge in [-0.05, 0) is 5.92 Å². The van der Waals surface area contributed by atoms with Gasteiger partial charge < -0.3 is 14.3 Å². The van der Waals surface area contributed by atoms with Crippen LogP contribution in [0.1, 0.15) is 13.8 Å². The van der Waals surface area contributed by atoms with Crippen LogP contribution in [0.15, 0.2) is 0 Å². The smallest absolute Gasteiger partial charge is 0.171 e. The van der Waals surface area contributed by atoms with Crippen molar-refractivity contribution in [3.8, 4) is 0 Å². The summed E-state index contributed by atoms with van der Waals surface area (Å²) in [7, 11) is 3.19. The minimum absolute atomic E-state index is 0.239. The summed E-state index contributed by atoms with van der Waals surface area (Å²) in [6.45, 7) is 5.41. The van der Waals surface area contributed by atoms with Crippen molar-refractivity contribution in [3.05, 3.63) is 0 Å². The van der Waals surface area contributed by atoms with Gasteiger partial charge in [-0.3, -0.25) is 0 Å². The summed E-state index contributed by atoms with van der Waals surface area (Å²) >= 11 is 0. The Morgan fingerprint density at radius 3 is 2.17 bits per heavy atom. The van der Waals surface area contributed by atoms with Crippen molar-refractivity contribution < 1.29 is 14.3 Å². The molecule has 0 fully saturated rings. The molecule has 0 radical (unpaired) electrons. The van der Waals surface area contributed by atoms with E-state index in [9.17, 15) is 0 Å². The fourth-order valence-electron chi connectivity index (χ4n) is 0.615. The van der Waals surface area contributed by atoms with E-state index >= 15 is 0 Å². The third-order valence-corrected chi connectivity index (χ3v) is 1.29. The van der Waals surface area contributed by atoms with E-state index in [0.717, 1.165) is 0 Å². The number of hydrogen-bond acceptors (Lipinski definition) is 4. The Morgan fingerprint density at radius 2 is 1.75 bits per heavy atom. The number of ether oxygens (including phenoxy) is 2. The molecule has 0 aliphatic rings. The van der Waals surface area contributed by atoms with Crippen molar-refractivity contribution >= 4 is 0 Å². The Morgan fingerprint density at radius 1 is 1.17 bits per heavy atom. The Bertz CT molecular complexity index is 94.3. The molecule has 0 amide bonds. The molecule has 0 aromatic rings. The standard InChI is InChI=1S/C8H19NO3/c1-7(2)6-12-9-5-8(10-3)11-4/h7-9H,5-6H2,1-4H3. The predicted octanol–water partition coefficient (Wildman–Crippen LogP) is 0.782. The molecule has 4 nitrogen and oxygen atoms in total. The van der Waals surface area contributed by atoms with Crippen molar-refractivity contribution in [2.75, 3.05) is 27.4 Å². The van der Waals surface area contributed by atoms with Crippen molar-refractivity contribution in [3.63, 3.8) is 0 Å². The third kappa shape index (κ3) is 6.54. The van der Waals surface area contributed by atoms with E-state index in [1.165, 1.54) is 0 Å². The van der Waals surface area contributed by atoms with Crippen molar-refractivity contribution in [1.29, 1.82) is 0 Å². The van der Waals surface area contributed by atoms with Gasteiger partial charge in [0.2, 0.25) is 0 Å². The molecule has 0 atom stereocenters. The highest BCUT2D eigenvalue weighted by Gasteiger charge is 2.03. The van der Waals surface area contributed by atoms with Crippen LogP contribution < -0.4 is 5.48 Å². The highest BCUT2D eigenvalue weighted by atomic mass is 16.7. The monoisotopic (exact) mass is 177 g/mol. The van der Waals surface area contributed by atoms with Gasteiger partial charge in [0.15, 0.2) is 6.29 Å². The van der Waals surface area contributed by atoms with Gasteiger partial charge in [-0.15, -0.1) is 0 Å². The molecule has 0 saturated heterocycles. The van der Waals surface area contributed by atoms with E-state index in [1.807, 2.05) is 0 Å². The largest absolute Gasteiger partial charge is 0.354 e. The number of methoxy groups -OCH3 is 2. The second kappa shape index (κ2) is 7.49. The van der Waals surface area contributed by atoms with Gasteiger partial charge in [-0.25, -0.2) is 0 Å². The van der Waals surface area contributed by atoms with Crippen molar-refractivity contribution in [2.24, 2.45) is 5.92 Å². The molecule has 74 valence electrons. The second-order valence-electron chi connectivity index (χ2n) is 2.95. The van der Waals surface area contributed by atoms with Crippen molar-refractivity contribution in [1.82, 2.24) is 5.48 Å². The quantitative estimate of drug-likeness (QED) is 0.354. The zero-order valence-electron chi connectivity index (χ0n) is 8.29. The van der Waals surface area contributed by atoms with Crippen LogP contribution in [-0.4, -0.2) is 33.7 Å². The highest BCUT2D eigenvalue weighted by Crippen LogP contribution is 1.91. The average molecular weight is 177 g/mol. The summed E-state index contributed by atoms with van der Waals surface area (Å²) < 4.78 is 9.88. The van der Waals surface area contributed by atoms with Crippen molar-refractivity contribution in [2.45, 2.75) is 20.1 Å². The molecule has 0 aromatic carbocycles. The number of nitrogens with one attached hydrogen (secondary N) is 1. The van der Waals surface area contributed by atoms with Gasteiger partial charge >= 0.3 is 0 Å². The van der Waals surface area contributed by atoms with E-state index in [2.05, 4.69) is 19.3 Å². The van der Waals surface area contributed by atoms with Gasteiger partial charge in [0.05, 0.1) is 13.2 Å². The lowest BCUT2D eigenvalue weighted by atomic mass is 10.2. The first-order valence-electron chi connectivity index (χ1n) is 4.11. The van der Waals surface area contributed by atoms with Crippen LogP contribution in [0.2, 0.25) is 0 Å². The Labute approximate surface area is 74.1 Å². The molecule has 12 heavy (non-hydrogen) atoms. The normalized spacial score (nSPS) is 11.5. The second-order valence-corrected chi connectivity index (χ2v) is 2.95. The van der Waals surface area contributed by atoms with E-state index in [1.54, 1.807) is 14.2 Å². The van der Waals surface area contributed by atoms with Crippen LogP contribution >= 0.6 is 0 Å². The van der Waals surface area contributed by atoms with E-state index in [0.29, 0.717) is 19.1 Å². The maximum atomic E-state index is 5.12. The summed E-state index contributed by atoms with van der Waals surface area (Å²) in [5.74, 6) is 0.529. The molecular formula is C8H19NO3. The lowest BCUT2D eigenvalue weighted by molar-refractivity contribution is -0.122. The molecule has 0 spiro atoms. The molecule has 0 rings (SSSR count). The first-order valence-corrected chi connectivity index (χ1v) is 4.11. The number of hydrogen-bond donors (Lipinski definition) is 1. The summed E-state index contributed by atoms with van der Waals surface area (Å²) in [5.41, 5.74) is 2.77. The highest BCUT2D eigenvalue weighted by molar-refractivity contribution is 4.42. The zero-order chi connectivity index (χ0) is 9.40. The molecule has 4 heteroatoms. The fourth-order valence-corrected chi connectivity index (χ4v) is 0.615. The molecule has 0 aromatic heterocycles. The van der Waals surface area contributed by atoms with Crippen LogP contribution in [0.5, 0.6) is 0 Å². The predicted molar refractivity (Wildman–Crippen MR) is 46.6 cm³/mol. The van der Waals surface area contributed by atoms with Gasteiger partial charge in [0.1, 0.15) is 0 Å². The van der Waals surface area contributed by atoms with Crippen LogP contribution in [0, 0.1) is 5.92 Å². The van der Waals surface area contributed by atoms with Crippen LogP contribution in [-0.2, 0) is 14.3 Å². The summed E-state index contributed by atoms with van der Waals surface area (Å²) in [6.07, 6.45) is -0.239. The van der Waals surface area contributed by atoms with Gasteiger partial charge in [-0.1, -0.05) is 13.8 Å². The molecule has 0 heterocycles. The molecule has 0 saturated carbocycles. The molecule has 0 unspecified atom stereocenters. The maximum Gasteiger partial charge on any atom is 0.171 e. The van der Waals surface area contributed by atoms with Gasteiger partial charge in [0, 0.05) is 14.2 Å². The average Bonchev–Trinajstić information content (AvgIpc) is 2.04. The molecule has 0 aliphatic heterocycles.